The minimum absolute atomic E-state index is 0.00810. The molecule has 1 saturated heterocycles. The average Bonchev–Trinajstić information content (AvgIpc) is 2.79. The topological polar surface area (TPSA) is 29.1 Å². The highest BCUT2D eigenvalue weighted by Crippen LogP contribution is 2.60. The molecule has 0 aromatic carbocycles. The van der Waals surface area contributed by atoms with Gasteiger partial charge in [0.15, 0.2) is 0 Å². The molecule has 72 valence electrons. The number of carbonyl (C=O) groups excluding carboxylic acids is 1. The fourth-order valence-electron chi connectivity index (χ4n) is 3.20. The van der Waals surface area contributed by atoms with Gasteiger partial charge in [-0.25, -0.2) is 4.39 Å². The van der Waals surface area contributed by atoms with Crippen LogP contribution in [0.5, 0.6) is 0 Å². The Morgan fingerprint density at radius 1 is 1.38 bits per heavy atom. The molecular weight excluding hydrogens is 169 g/mol. The second-order valence-electron chi connectivity index (χ2n) is 4.71. The van der Waals surface area contributed by atoms with Crippen molar-refractivity contribution >= 4 is 5.91 Å². The van der Waals surface area contributed by atoms with Crippen LogP contribution in [0.25, 0.3) is 0 Å². The summed E-state index contributed by atoms with van der Waals surface area (Å²) in [5.74, 6) is 0.140. The highest BCUT2D eigenvalue weighted by molar-refractivity contribution is 5.88. The van der Waals surface area contributed by atoms with E-state index in [4.69, 9.17) is 0 Å². The minimum Gasteiger partial charge on any atom is -0.352 e. The van der Waals surface area contributed by atoms with Crippen molar-refractivity contribution in [2.45, 2.75) is 44.3 Å². The summed E-state index contributed by atoms with van der Waals surface area (Å²) in [7, 11) is 0. The van der Waals surface area contributed by atoms with Crippen molar-refractivity contribution in [1.29, 1.82) is 0 Å². The fourth-order valence-corrected chi connectivity index (χ4v) is 3.20. The van der Waals surface area contributed by atoms with E-state index in [9.17, 15) is 9.18 Å². The molecule has 0 aromatic heterocycles. The van der Waals surface area contributed by atoms with Crippen LogP contribution in [-0.4, -0.2) is 18.1 Å². The Bertz CT molecular complexity index is 262. The Balaban J connectivity index is 1.94. The molecule has 1 N–H and O–H groups in total. The number of halogens is 1. The SMILES string of the molecule is O=C1NC2CCCC(F)C2C12CC2. The molecule has 13 heavy (non-hydrogen) atoms. The van der Waals surface area contributed by atoms with Gasteiger partial charge in [-0.2, -0.15) is 0 Å². The first kappa shape index (κ1) is 7.77. The molecule has 0 radical (unpaired) electrons. The summed E-state index contributed by atoms with van der Waals surface area (Å²) in [5, 5.41) is 2.96. The van der Waals surface area contributed by atoms with Gasteiger partial charge in [0.25, 0.3) is 0 Å². The minimum atomic E-state index is -0.736. The zero-order valence-electron chi connectivity index (χ0n) is 7.55. The quantitative estimate of drug-likeness (QED) is 0.604. The lowest BCUT2D eigenvalue weighted by atomic mass is 9.76. The van der Waals surface area contributed by atoms with Gasteiger partial charge in [-0.05, 0) is 32.1 Å². The van der Waals surface area contributed by atoms with Gasteiger partial charge < -0.3 is 5.32 Å². The van der Waals surface area contributed by atoms with Crippen LogP contribution in [0, 0.1) is 11.3 Å². The summed E-state index contributed by atoms with van der Waals surface area (Å²) in [6.07, 6.45) is 3.68. The van der Waals surface area contributed by atoms with Crippen LogP contribution in [0.4, 0.5) is 4.39 Å². The first-order chi connectivity index (χ1) is 6.24. The maximum absolute atomic E-state index is 13.7. The first-order valence-corrected chi connectivity index (χ1v) is 5.19. The molecule has 0 aromatic rings. The summed E-state index contributed by atoms with van der Waals surface area (Å²) < 4.78 is 13.7. The van der Waals surface area contributed by atoms with E-state index in [1.807, 2.05) is 0 Å². The molecule has 3 heteroatoms. The van der Waals surface area contributed by atoms with Gasteiger partial charge in [-0.15, -0.1) is 0 Å². The first-order valence-electron chi connectivity index (χ1n) is 5.19. The van der Waals surface area contributed by atoms with Crippen molar-refractivity contribution in [3.8, 4) is 0 Å². The summed E-state index contributed by atoms with van der Waals surface area (Å²) in [6.45, 7) is 0. The molecule has 3 fully saturated rings. The van der Waals surface area contributed by atoms with Gasteiger partial charge in [0, 0.05) is 12.0 Å². The predicted molar refractivity (Wildman–Crippen MR) is 45.8 cm³/mol. The summed E-state index contributed by atoms with van der Waals surface area (Å²) >= 11 is 0. The second kappa shape index (κ2) is 2.25. The standard InChI is InChI=1S/C10H14FNO/c11-6-2-1-3-7-8(6)10(4-5-10)9(13)12-7/h6-8H,1-5H2,(H,12,13). The van der Waals surface area contributed by atoms with Gasteiger partial charge in [-0.3, -0.25) is 4.79 Å². The van der Waals surface area contributed by atoms with Crippen molar-refractivity contribution in [3.63, 3.8) is 0 Å². The molecule has 1 amide bonds. The van der Waals surface area contributed by atoms with Crippen LogP contribution < -0.4 is 5.32 Å². The number of amides is 1. The number of hydrogen-bond donors (Lipinski definition) is 1. The van der Waals surface area contributed by atoms with Crippen LogP contribution in [-0.2, 0) is 4.79 Å². The van der Waals surface area contributed by atoms with Crippen LogP contribution in [0.3, 0.4) is 0 Å². The molecule has 3 unspecified atom stereocenters. The summed E-state index contributed by atoms with van der Waals surface area (Å²) in [4.78, 5) is 11.6. The smallest absolute Gasteiger partial charge is 0.226 e. The van der Waals surface area contributed by atoms with E-state index in [1.54, 1.807) is 0 Å². The zero-order valence-corrected chi connectivity index (χ0v) is 7.55. The summed E-state index contributed by atoms with van der Waals surface area (Å²) in [5.41, 5.74) is -0.259. The third kappa shape index (κ3) is 0.851. The van der Waals surface area contributed by atoms with Crippen molar-refractivity contribution in [3.05, 3.63) is 0 Å². The van der Waals surface area contributed by atoms with Crippen molar-refractivity contribution in [2.24, 2.45) is 11.3 Å². The normalized spacial score (nSPS) is 45.9. The highest BCUT2D eigenvalue weighted by atomic mass is 19.1. The molecule has 1 heterocycles. The van der Waals surface area contributed by atoms with Gasteiger partial charge in [0.1, 0.15) is 6.17 Å². The molecular formula is C10H14FNO. The zero-order chi connectivity index (χ0) is 9.05. The molecule has 1 aliphatic heterocycles. The van der Waals surface area contributed by atoms with Gasteiger partial charge in [-0.1, -0.05) is 0 Å². The Morgan fingerprint density at radius 3 is 2.85 bits per heavy atom. The number of alkyl halides is 1. The lowest BCUT2D eigenvalue weighted by Gasteiger charge is -2.30. The molecule has 0 bridgehead atoms. The number of rotatable bonds is 0. The third-order valence-corrected chi connectivity index (χ3v) is 4.01. The third-order valence-electron chi connectivity index (χ3n) is 4.01. The molecule has 3 rings (SSSR count). The lowest BCUT2D eigenvalue weighted by Crippen LogP contribution is -2.37. The van der Waals surface area contributed by atoms with E-state index in [0.717, 1.165) is 25.7 Å². The molecule has 3 atom stereocenters. The Hall–Kier alpha value is -0.600. The van der Waals surface area contributed by atoms with Crippen molar-refractivity contribution in [1.82, 2.24) is 5.32 Å². The van der Waals surface area contributed by atoms with E-state index in [1.165, 1.54) is 0 Å². The molecule has 2 aliphatic carbocycles. The average molecular weight is 183 g/mol. The number of fused-ring (bicyclic) bond motifs is 2. The lowest BCUT2D eigenvalue weighted by molar-refractivity contribution is -0.124. The highest BCUT2D eigenvalue weighted by Gasteiger charge is 2.65. The van der Waals surface area contributed by atoms with E-state index in [2.05, 4.69) is 5.32 Å². The van der Waals surface area contributed by atoms with E-state index in [-0.39, 0.29) is 23.3 Å². The van der Waals surface area contributed by atoms with Crippen molar-refractivity contribution in [2.75, 3.05) is 0 Å². The van der Waals surface area contributed by atoms with Crippen LogP contribution >= 0.6 is 0 Å². The fraction of sp³-hybridized carbons (Fsp3) is 0.900. The van der Waals surface area contributed by atoms with E-state index < -0.39 is 6.17 Å². The summed E-state index contributed by atoms with van der Waals surface area (Å²) in [6, 6.07) is 0.152. The monoisotopic (exact) mass is 183 g/mol. The Morgan fingerprint density at radius 2 is 2.15 bits per heavy atom. The molecule has 3 aliphatic rings. The van der Waals surface area contributed by atoms with E-state index >= 15 is 0 Å². The van der Waals surface area contributed by atoms with Gasteiger partial charge in [0.05, 0.1) is 5.41 Å². The molecule has 2 nitrogen and oxygen atoms in total. The van der Waals surface area contributed by atoms with Crippen LogP contribution in [0.2, 0.25) is 0 Å². The van der Waals surface area contributed by atoms with E-state index in [0.29, 0.717) is 6.42 Å². The van der Waals surface area contributed by atoms with Crippen LogP contribution in [0.1, 0.15) is 32.1 Å². The predicted octanol–water partition coefficient (Wildman–Crippen LogP) is 1.40. The van der Waals surface area contributed by atoms with Gasteiger partial charge in [0.2, 0.25) is 5.91 Å². The van der Waals surface area contributed by atoms with Crippen LogP contribution in [0.15, 0.2) is 0 Å². The molecule has 2 saturated carbocycles. The molecule has 1 spiro atoms. The number of hydrogen-bond acceptors (Lipinski definition) is 1. The second-order valence-corrected chi connectivity index (χ2v) is 4.71. The van der Waals surface area contributed by atoms with Crippen molar-refractivity contribution < 1.29 is 9.18 Å². The Labute approximate surface area is 76.9 Å². The Kier molecular flexibility index (Phi) is 1.35. The maximum atomic E-state index is 13.7. The largest absolute Gasteiger partial charge is 0.352 e. The maximum Gasteiger partial charge on any atom is 0.226 e. The number of carbonyl (C=O) groups is 1. The number of nitrogens with one attached hydrogen (secondary N) is 1. The van der Waals surface area contributed by atoms with Gasteiger partial charge >= 0.3 is 0 Å².